The van der Waals surface area contributed by atoms with Gasteiger partial charge in [-0.3, -0.25) is 9.59 Å². The first-order chi connectivity index (χ1) is 9.90. The molecule has 1 aliphatic carbocycles. The lowest BCUT2D eigenvalue weighted by Crippen LogP contribution is -2.40. The molecule has 0 saturated heterocycles. The fourth-order valence-corrected chi connectivity index (χ4v) is 2.57. The minimum Gasteiger partial charge on any atom is -0.380 e. The van der Waals surface area contributed by atoms with Gasteiger partial charge in [0, 0.05) is 26.2 Å². The van der Waals surface area contributed by atoms with Crippen LogP contribution in [0, 0.1) is 0 Å². The molecule has 5 nitrogen and oxygen atoms in total. The van der Waals surface area contributed by atoms with E-state index >= 15 is 0 Å². The number of aliphatic hydroxyl groups is 1. The second-order valence-corrected chi connectivity index (χ2v) is 5.77. The summed E-state index contributed by atoms with van der Waals surface area (Å²) in [5, 5.41) is 13.0. The molecule has 21 heavy (non-hydrogen) atoms. The maximum Gasteiger partial charge on any atom is 0.256 e. The monoisotopic (exact) mass is 290 g/mol. The van der Waals surface area contributed by atoms with Crippen molar-refractivity contribution in [3.05, 3.63) is 29.8 Å². The number of benzene rings is 1. The van der Waals surface area contributed by atoms with Crippen LogP contribution in [0.4, 0.5) is 5.69 Å². The maximum absolute atomic E-state index is 12.2. The average Bonchev–Trinajstić information content (AvgIpc) is 2.87. The van der Waals surface area contributed by atoms with Crippen LogP contribution in [0.2, 0.25) is 0 Å². The topological polar surface area (TPSA) is 69.6 Å². The van der Waals surface area contributed by atoms with Crippen LogP contribution in [-0.4, -0.2) is 34.5 Å². The van der Waals surface area contributed by atoms with Gasteiger partial charge in [0.2, 0.25) is 5.91 Å². The van der Waals surface area contributed by atoms with E-state index in [1.54, 1.807) is 18.0 Å². The van der Waals surface area contributed by atoms with Crippen molar-refractivity contribution < 1.29 is 14.7 Å². The highest BCUT2D eigenvalue weighted by Crippen LogP contribution is 2.30. The highest BCUT2D eigenvalue weighted by atomic mass is 16.3. The normalized spacial score (nSPS) is 16.5. The van der Waals surface area contributed by atoms with Crippen molar-refractivity contribution in [2.24, 2.45) is 0 Å². The van der Waals surface area contributed by atoms with Crippen molar-refractivity contribution in [2.75, 3.05) is 12.4 Å². The molecule has 2 N–H and O–H groups in total. The molecule has 0 spiro atoms. The van der Waals surface area contributed by atoms with Gasteiger partial charge in [-0.25, -0.2) is 0 Å². The highest BCUT2D eigenvalue weighted by molar-refractivity contribution is 5.97. The number of rotatable bonds is 4. The zero-order valence-corrected chi connectivity index (χ0v) is 12.6. The summed E-state index contributed by atoms with van der Waals surface area (Å²) in [5.41, 5.74) is 0.352. The van der Waals surface area contributed by atoms with Crippen LogP contribution in [0.5, 0.6) is 0 Å². The molecule has 1 fully saturated rings. The van der Waals surface area contributed by atoms with Crippen LogP contribution in [0.3, 0.4) is 0 Å². The molecule has 1 aromatic carbocycles. The summed E-state index contributed by atoms with van der Waals surface area (Å²) in [6, 6.07) is 7.35. The van der Waals surface area contributed by atoms with Gasteiger partial charge in [0.25, 0.3) is 5.91 Å². The summed E-state index contributed by atoms with van der Waals surface area (Å²) >= 11 is 0. The van der Waals surface area contributed by atoms with Crippen LogP contribution in [0.1, 0.15) is 38.2 Å². The first kappa shape index (κ1) is 15.5. The van der Waals surface area contributed by atoms with E-state index in [1.807, 2.05) is 18.2 Å². The van der Waals surface area contributed by atoms with Crippen LogP contribution in [-0.2, 0) is 16.1 Å². The van der Waals surface area contributed by atoms with E-state index in [4.69, 9.17) is 0 Å². The smallest absolute Gasteiger partial charge is 0.256 e. The Morgan fingerprint density at radius 3 is 2.62 bits per heavy atom. The molecule has 5 heteroatoms. The third-order valence-electron chi connectivity index (χ3n) is 4.00. The van der Waals surface area contributed by atoms with E-state index < -0.39 is 5.60 Å². The Morgan fingerprint density at radius 1 is 1.33 bits per heavy atom. The van der Waals surface area contributed by atoms with Crippen LogP contribution in [0.15, 0.2) is 24.3 Å². The molecule has 2 rings (SSSR count). The van der Waals surface area contributed by atoms with E-state index in [2.05, 4.69) is 5.32 Å². The van der Waals surface area contributed by atoms with Crippen molar-refractivity contribution in [1.82, 2.24) is 4.90 Å². The van der Waals surface area contributed by atoms with Gasteiger partial charge in [0.05, 0.1) is 0 Å². The summed E-state index contributed by atoms with van der Waals surface area (Å²) in [7, 11) is 1.73. The van der Waals surface area contributed by atoms with Crippen molar-refractivity contribution in [3.63, 3.8) is 0 Å². The van der Waals surface area contributed by atoms with E-state index in [1.165, 1.54) is 6.92 Å². The van der Waals surface area contributed by atoms with Crippen molar-refractivity contribution in [3.8, 4) is 0 Å². The Balaban J connectivity index is 2.04. The van der Waals surface area contributed by atoms with Gasteiger partial charge >= 0.3 is 0 Å². The average molecular weight is 290 g/mol. The number of nitrogens with zero attached hydrogens (tertiary/aromatic N) is 1. The predicted molar refractivity (Wildman–Crippen MR) is 80.6 cm³/mol. The Morgan fingerprint density at radius 2 is 2.00 bits per heavy atom. The SMILES string of the molecule is CC(=O)N(C)Cc1cccc(NC(=O)C2(O)CCCC2)c1. The molecule has 2 amide bonds. The van der Waals surface area contributed by atoms with Crippen LogP contribution < -0.4 is 5.32 Å². The number of carbonyl (C=O) groups excluding carboxylic acids is 2. The molecule has 0 unspecified atom stereocenters. The molecule has 0 bridgehead atoms. The summed E-state index contributed by atoms with van der Waals surface area (Å²) in [6.07, 6.45) is 2.80. The summed E-state index contributed by atoms with van der Waals surface area (Å²) < 4.78 is 0. The lowest BCUT2D eigenvalue weighted by Gasteiger charge is -2.21. The number of hydrogen-bond donors (Lipinski definition) is 2. The predicted octanol–water partition coefficient (Wildman–Crippen LogP) is 1.91. The second kappa shape index (κ2) is 6.26. The molecular weight excluding hydrogens is 268 g/mol. The van der Waals surface area contributed by atoms with Crippen molar-refractivity contribution >= 4 is 17.5 Å². The van der Waals surface area contributed by atoms with Gasteiger partial charge in [-0.1, -0.05) is 12.1 Å². The molecule has 1 saturated carbocycles. The number of nitrogens with one attached hydrogen (secondary N) is 1. The van der Waals surface area contributed by atoms with E-state index in [9.17, 15) is 14.7 Å². The van der Waals surface area contributed by atoms with Crippen LogP contribution in [0.25, 0.3) is 0 Å². The Hall–Kier alpha value is -1.88. The minimum absolute atomic E-state index is 0.00953. The van der Waals surface area contributed by atoms with Gasteiger partial charge in [-0.15, -0.1) is 0 Å². The third kappa shape index (κ3) is 3.82. The first-order valence-electron chi connectivity index (χ1n) is 7.25. The molecule has 0 aromatic heterocycles. The third-order valence-corrected chi connectivity index (χ3v) is 4.00. The zero-order valence-electron chi connectivity index (χ0n) is 12.6. The van der Waals surface area contributed by atoms with E-state index in [0.29, 0.717) is 25.1 Å². The molecule has 0 radical (unpaired) electrons. The zero-order chi connectivity index (χ0) is 15.5. The number of hydrogen-bond acceptors (Lipinski definition) is 3. The highest BCUT2D eigenvalue weighted by Gasteiger charge is 2.38. The minimum atomic E-state index is -1.23. The summed E-state index contributed by atoms with van der Waals surface area (Å²) in [6.45, 7) is 2.00. The lowest BCUT2D eigenvalue weighted by molar-refractivity contribution is -0.133. The number of anilines is 1. The Kier molecular flexibility index (Phi) is 4.63. The molecule has 0 heterocycles. The summed E-state index contributed by atoms with van der Waals surface area (Å²) in [5.74, 6) is -0.346. The largest absolute Gasteiger partial charge is 0.380 e. The van der Waals surface area contributed by atoms with Crippen LogP contribution >= 0.6 is 0 Å². The van der Waals surface area contributed by atoms with Gasteiger partial charge in [0.1, 0.15) is 5.60 Å². The Labute approximate surface area is 125 Å². The Bertz CT molecular complexity index is 536. The van der Waals surface area contributed by atoms with Gasteiger partial charge in [-0.05, 0) is 43.4 Å². The van der Waals surface area contributed by atoms with Crippen molar-refractivity contribution in [2.45, 2.75) is 44.8 Å². The fourth-order valence-electron chi connectivity index (χ4n) is 2.57. The quantitative estimate of drug-likeness (QED) is 0.890. The van der Waals surface area contributed by atoms with Gasteiger partial charge < -0.3 is 15.3 Å². The van der Waals surface area contributed by atoms with Crippen molar-refractivity contribution in [1.29, 1.82) is 0 Å². The first-order valence-corrected chi connectivity index (χ1v) is 7.25. The summed E-state index contributed by atoms with van der Waals surface area (Å²) in [4.78, 5) is 25.0. The molecule has 114 valence electrons. The standard InChI is InChI=1S/C16H22N2O3/c1-12(19)18(2)11-13-6-5-7-14(10-13)17-15(20)16(21)8-3-4-9-16/h5-7,10,21H,3-4,8-9,11H2,1-2H3,(H,17,20). The maximum atomic E-state index is 12.2. The molecule has 1 aromatic rings. The van der Waals surface area contributed by atoms with E-state index in [0.717, 1.165) is 18.4 Å². The molecule has 1 aliphatic rings. The second-order valence-electron chi connectivity index (χ2n) is 5.77. The van der Waals surface area contributed by atoms with Gasteiger partial charge in [-0.2, -0.15) is 0 Å². The fraction of sp³-hybridized carbons (Fsp3) is 0.500. The van der Waals surface area contributed by atoms with Gasteiger partial charge in [0.15, 0.2) is 0 Å². The lowest BCUT2D eigenvalue weighted by atomic mass is 10.0. The molecular formula is C16H22N2O3. The molecule has 0 aliphatic heterocycles. The van der Waals surface area contributed by atoms with E-state index in [-0.39, 0.29) is 11.8 Å². The number of amides is 2. The number of carbonyl (C=O) groups is 2. The molecule has 0 atom stereocenters.